The highest BCUT2D eigenvalue weighted by Crippen LogP contribution is 2.23. The lowest BCUT2D eigenvalue weighted by molar-refractivity contribution is -0.123. The van der Waals surface area contributed by atoms with Gasteiger partial charge in [-0.2, -0.15) is 0 Å². The van der Waals surface area contributed by atoms with E-state index < -0.39 is 0 Å². The summed E-state index contributed by atoms with van der Waals surface area (Å²) in [5, 5.41) is 4.86. The number of pyridine rings is 1. The van der Waals surface area contributed by atoms with Crippen molar-refractivity contribution in [3.8, 4) is 0 Å². The highest BCUT2D eigenvalue weighted by Gasteiger charge is 2.23. The molecule has 154 valence electrons. The molecule has 1 unspecified atom stereocenters. The van der Waals surface area contributed by atoms with Crippen LogP contribution < -0.4 is 11.1 Å². The molecule has 1 aromatic heterocycles. The molecular weight excluding hydrogens is 400 g/mol. The van der Waals surface area contributed by atoms with Gasteiger partial charge in [-0.1, -0.05) is 48.0 Å². The van der Waals surface area contributed by atoms with Crippen molar-refractivity contribution in [1.82, 2.24) is 9.88 Å². The van der Waals surface area contributed by atoms with Crippen molar-refractivity contribution in [3.05, 3.63) is 71.0 Å². The first-order valence-electron chi connectivity index (χ1n) is 9.97. The smallest absolute Gasteiger partial charge is 0.274 e. The second-order valence-corrected chi connectivity index (χ2v) is 8.01. The molecule has 0 saturated carbocycles. The van der Waals surface area contributed by atoms with Gasteiger partial charge in [-0.25, -0.2) is 4.98 Å². The summed E-state index contributed by atoms with van der Waals surface area (Å²) in [6.07, 6.45) is 1.84. The number of nitrogens with zero attached hydrogens (tertiary/aromatic N) is 2. The number of aromatic nitrogens is 1. The Balaban J connectivity index is 1.41. The van der Waals surface area contributed by atoms with Crippen LogP contribution in [0.2, 0.25) is 5.15 Å². The molecule has 1 atom stereocenters. The first-order chi connectivity index (χ1) is 14.5. The number of rotatable bonds is 5. The fourth-order valence-corrected chi connectivity index (χ4v) is 4.11. The predicted molar refractivity (Wildman–Crippen MR) is 118 cm³/mol. The van der Waals surface area contributed by atoms with Gasteiger partial charge in [0.2, 0.25) is 5.91 Å². The van der Waals surface area contributed by atoms with E-state index in [1.54, 1.807) is 6.07 Å². The Morgan fingerprint density at radius 2 is 1.93 bits per heavy atom. The van der Waals surface area contributed by atoms with Gasteiger partial charge in [0.25, 0.3) is 5.91 Å². The number of piperidine rings is 1. The largest absolute Gasteiger partial charge is 0.369 e. The minimum Gasteiger partial charge on any atom is -0.369 e. The molecule has 0 radical (unpaired) electrons. The Bertz CT molecular complexity index is 1080. The van der Waals surface area contributed by atoms with Gasteiger partial charge in [-0.05, 0) is 48.5 Å². The molecule has 0 aliphatic carbocycles. The maximum absolute atomic E-state index is 12.6. The van der Waals surface area contributed by atoms with E-state index in [4.69, 9.17) is 17.3 Å². The number of hydrogen-bond acceptors (Lipinski definition) is 4. The molecule has 1 fully saturated rings. The fraction of sp³-hybridized carbons (Fsp3) is 0.261. The molecule has 3 N–H and O–H groups in total. The normalized spacial score (nSPS) is 17.0. The van der Waals surface area contributed by atoms with Gasteiger partial charge in [0.05, 0.1) is 5.92 Å². The Kier molecular flexibility index (Phi) is 5.97. The molecule has 4 rings (SSSR count). The van der Waals surface area contributed by atoms with Gasteiger partial charge in [0.15, 0.2) is 0 Å². The molecule has 1 aliphatic rings. The van der Waals surface area contributed by atoms with E-state index >= 15 is 0 Å². The summed E-state index contributed by atoms with van der Waals surface area (Å²) in [6.45, 7) is 2.40. The number of carbonyl (C=O) groups is 2. The van der Waals surface area contributed by atoms with E-state index in [2.05, 4.69) is 15.2 Å². The fourth-order valence-electron chi connectivity index (χ4n) is 3.85. The number of benzene rings is 2. The van der Waals surface area contributed by atoms with Gasteiger partial charge >= 0.3 is 0 Å². The van der Waals surface area contributed by atoms with Crippen LogP contribution in [0.4, 0.5) is 5.69 Å². The number of fused-ring (bicyclic) bond motifs is 1. The van der Waals surface area contributed by atoms with Crippen LogP contribution in [0, 0.1) is 5.92 Å². The van der Waals surface area contributed by atoms with E-state index in [0.29, 0.717) is 17.4 Å². The zero-order valence-corrected chi connectivity index (χ0v) is 17.2. The topological polar surface area (TPSA) is 88.3 Å². The van der Waals surface area contributed by atoms with Gasteiger partial charge in [-0.3, -0.25) is 14.5 Å². The zero-order chi connectivity index (χ0) is 21.1. The molecule has 1 aliphatic heterocycles. The van der Waals surface area contributed by atoms with Crippen LogP contribution in [0.15, 0.2) is 54.6 Å². The molecule has 2 aromatic carbocycles. The lowest BCUT2D eigenvalue weighted by Gasteiger charge is -2.31. The first kappa shape index (κ1) is 20.3. The quantitative estimate of drug-likeness (QED) is 0.611. The maximum atomic E-state index is 12.6. The van der Waals surface area contributed by atoms with Gasteiger partial charge in [0.1, 0.15) is 10.8 Å². The number of primary amides is 1. The average molecular weight is 423 g/mol. The minimum atomic E-state index is -0.310. The first-order valence-corrected chi connectivity index (χ1v) is 10.3. The third-order valence-electron chi connectivity index (χ3n) is 5.45. The van der Waals surface area contributed by atoms with Crippen molar-refractivity contribution in [2.24, 2.45) is 11.7 Å². The number of nitrogens with one attached hydrogen (secondary N) is 1. The summed E-state index contributed by atoms with van der Waals surface area (Å²) in [4.78, 5) is 30.5. The van der Waals surface area contributed by atoms with Crippen LogP contribution in [0.3, 0.4) is 0 Å². The van der Waals surface area contributed by atoms with Crippen molar-refractivity contribution in [1.29, 1.82) is 0 Å². The van der Waals surface area contributed by atoms with Crippen LogP contribution in [0.5, 0.6) is 0 Å². The molecule has 6 nitrogen and oxygen atoms in total. The third-order valence-corrected chi connectivity index (χ3v) is 5.74. The second kappa shape index (κ2) is 8.81. The Morgan fingerprint density at radius 1 is 1.17 bits per heavy atom. The third kappa shape index (κ3) is 4.61. The second-order valence-electron chi connectivity index (χ2n) is 7.65. The van der Waals surface area contributed by atoms with Gasteiger partial charge in [-0.15, -0.1) is 0 Å². The number of halogens is 1. The summed E-state index contributed by atoms with van der Waals surface area (Å²) >= 11 is 6.23. The number of likely N-dealkylation sites (tertiary alicyclic amines) is 1. The molecule has 30 heavy (non-hydrogen) atoms. The summed E-state index contributed by atoms with van der Waals surface area (Å²) < 4.78 is 0. The molecule has 2 heterocycles. The number of carbonyl (C=O) groups excluding carboxylic acids is 2. The van der Waals surface area contributed by atoms with Crippen LogP contribution >= 0.6 is 11.6 Å². The Morgan fingerprint density at radius 3 is 2.70 bits per heavy atom. The lowest BCUT2D eigenvalue weighted by Crippen LogP contribution is -2.40. The van der Waals surface area contributed by atoms with Crippen LogP contribution in [0.25, 0.3) is 10.8 Å². The summed E-state index contributed by atoms with van der Waals surface area (Å²) in [5.41, 5.74) is 7.53. The summed E-state index contributed by atoms with van der Waals surface area (Å²) in [6, 6.07) is 17.0. The monoisotopic (exact) mass is 422 g/mol. The van der Waals surface area contributed by atoms with Gasteiger partial charge in [0, 0.05) is 24.2 Å². The van der Waals surface area contributed by atoms with E-state index in [9.17, 15) is 9.59 Å². The molecule has 7 heteroatoms. The molecule has 0 bridgehead atoms. The molecule has 2 amide bonds. The molecule has 0 spiro atoms. The van der Waals surface area contributed by atoms with E-state index in [-0.39, 0.29) is 23.4 Å². The molecule has 1 saturated heterocycles. The SMILES string of the molecule is NC(=O)C1CCCN(Cc2ccc(NC(=O)c3cc4ccccc4c(Cl)n3)cc2)C1. The molecular formula is C23H23ClN4O2. The van der Waals surface area contributed by atoms with Crippen LogP contribution in [-0.4, -0.2) is 34.8 Å². The van der Waals surface area contributed by atoms with E-state index in [1.165, 1.54) is 0 Å². The maximum Gasteiger partial charge on any atom is 0.274 e. The predicted octanol–water partition coefficient (Wildman–Crippen LogP) is 3.84. The number of anilines is 1. The summed E-state index contributed by atoms with van der Waals surface area (Å²) in [7, 11) is 0. The van der Waals surface area contributed by atoms with Crippen LogP contribution in [0.1, 0.15) is 28.9 Å². The average Bonchev–Trinajstić information content (AvgIpc) is 2.75. The van der Waals surface area contributed by atoms with Crippen molar-refractivity contribution >= 4 is 39.9 Å². The summed E-state index contributed by atoms with van der Waals surface area (Å²) in [5.74, 6) is -0.602. The van der Waals surface area contributed by atoms with Crippen molar-refractivity contribution in [2.75, 3.05) is 18.4 Å². The Labute approximate surface area is 180 Å². The van der Waals surface area contributed by atoms with Crippen molar-refractivity contribution in [2.45, 2.75) is 19.4 Å². The van der Waals surface area contributed by atoms with Crippen molar-refractivity contribution in [3.63, 3.8) is 0 Å². The standard InChI is InChI=1S/C23H23ClN4O2/c24-21-19-6-2-1-4-16(19)12-20(27-21)23(30)26-18-9-7-15(8-10-18)13-28-11-3-5-17(14-28)22(25)29/h1-2,4,6-10,12,17H,3,5,11,13-14H2,(H2,25,29)(H,26,30). The molecule has 3 aromatic rings. The zero-order valence-electron chi connectivity index (χ0n) is 16.5. The van der Waals surface area contributed by atoms with Crippen molar-refractivity contribution < 1.29 is 9.59 Å². The highest BCUT2D eigenvalue weighted by atomic mass is 35.5. The lowest BCUT2D eigenvalue weighted by atomic mass is 9.97. The minimum absolute atomic E-state index is 0.0708. The number of nitrogens with two attached hydrogens (primary N) is 1. The number of amides is 2. The van der Waals surface area contributed by atoms with Gasteiger partial charge < -0.3 is 11.1 Å². The van der Waals surface area contributed by atoms with E-state index in [0.717, 1.165) is 42.3 Å². The number of hydrogen-bond donors (Lipinski definition) is 2. The Hall–Kier alpha value is -2.96. The van der Waals surface area contributed by atoms with E-state index in [1.807, 2.05) is 48.5 Å². The highest BCUT2D eigenvalue weighted by molar-refractivity contribution is 6.34. The van der Waals surface area contributed by atoms with Crippen LogP contribution in [-0.2, 0) is 11.3 Å².